The van der Waals surface area contributed by atoms with E-state index in [9.17, 15) is 9.18 Å². The van der Waals surface area contributed by atoms with Crippen molar-refractivity contribution in [2.75, 3.05) is 6.54 Å². The summed E-state index contributed by atoms with van der Waals surface area (Å²) in [7, 11) is 0. The van der Waals surface area contributed by atoms with Crippen molar-refractivity contribution in [3.8, 4) is 16.9 Å². The van der Waals surface area contributed by atoms with Crippen LogP contribution in [0, 0.1) is 5.82 Å². The van der Waals surface area contributed by atoms with Crippen molar-refractivity contribution in [1.29, 1.82) is 0 Å². The number of amides is 1. The zero-order chi connectivity index (χ0) is 15.0. The van der Waals surface area contributed by atoms with Crippen LogP contribution in [0.25, 0.3) is 11.1 Å². The molecular formula is C15H14FN3O2. The molecule has 0 unspecified atom stereocenters. The van der Waals surface area contributed by atoms with Gasteiger partial charge in [-0.3, -0.25) is 9.78 Å². The molecular weight excluding hydrogens is 273 g/mol. The predicted octanol–water partition coefficient (Wildman–Crippen LogP) is 1.25. The number of primary amides is 1. The van der Waals surface area contributed by atoms with Crippen molar-refractivity contribution in [3.05, 3.63) is 47.5 Å². The molecule has 1 atom stereocenters. The molecule has 1 aromatic heterocycles. The zero-order valence-corrected chi connectivity index (χ0v) is 11.2. The number of benzene rings is 1. The van der Waals surface area contributed by atoms with Crippen LogP contribution in [0.2, 0.25) is 0 Å². The quantitative estimate of drug-likeness (QED) is 0.888. The van der Waals surface area contributed by atoms with Crippen molar-refractivity contribution in [2.24, 2.45) is 11.5 Å². The first-order valence-electron chi connectivity index (χ1n) is 6.53. The normalized spacial score (nSPS) is 16.4. The molecule has 0 saturated carbocycles. The van der Waals surface area contributed by atoms with Gasteiger partial charge in [-0.1, -0.05) is 0 Å². The van der Waals surface area contributed by atoms with E-state index in [1.165, 1.54) is 12.3 Å². The van der Waals surface area contributed by atoms with E-state index in [1.807, 2.05) is 0 Å². The van der Waals surface area contributed by atoms with E-state index < -0.39 is 5.91 Å². The maximum atomic E-state index is 13.9. The number of carbonyl (C=O) groups is 1. The number of carbonyl (C=O) groups excluding carboxylic acids is 1. The summed E-state index contributed by atoms with van der Waals surface area (Å²) in [6, 6.07) is 4.60. The molecule has 108 valence electrons. The second-order valence-electron chi connectivity index (χ2n) is 4.91. The smallest absolute Gasteiger partial charge is 0.250 e. The molecule has 0 bridgehead atoms. The molecule has 0 fully saturated rings. The first-order valence-corrected chi connectivity index (χ1v) is 6.53. The molecule has 1 amide bonds. The highest BCUT2D eigenvalue weighted by Crippen LogP contribution is 2.40. The molecule has 21 heavy (non-hydrogen) atoms. The Kier molecular flexibility index (Phi) is 3.31. The number of ether oxygens (including phenoxy) is 1. The summed E-state index contributed by atoms with van der Waals surface area (Å²) < 4.78 is 19.6. The number of pyridine rings is 1. The maximum absolute atomic E-state index is 13.9. The molecule has 5 nitrogen and oxygen atoms in total. The van der Waals surface area contributed by atoms with Gasteiger partial charge >= 0.3 is 0 Å². The van der Waals surface area contributed by atoms with Crippen molar-refractivity contribution in [2.45, 2.75) is 12.5 Å². The first kappa shape index (κ1) is 13.5. The van der Waals surface area contributed by atoms with Crippen LogP contribution >= 0.6 is 0 Å². The highest BCUT2D eigenvalue weighted by molar-refractivity contribution is 5.94. The van der Waals surface area contributed by atoms with E-state index in [1.54, 1.807) is 18.3 Å². The van der Waals surface area contributed by atoms with Crippen LogP contribution < -0.4 is 16.2 Å². The Morgan fingerprint density at radius 1 is 1.43 bits per heavy atom. The molecule has 1 aromatic carbocycles. The summed E-state index contributed by atoms with van der Waals surface area (Å²) in [6.07, 6.45) is 3.18. The fourth-order valence-corrected chi connectivity index (χ4v) is 2.45. The van der Waals surface area contributed by atoms with E-state index >= 15 is 0 Å². The predicted molar refractivity (Wildman–Crippen MR) is 75.3 cm³/mol. The Bertz CT molecular complexity index is 718. The molecule has 6 heteroatoms. The van der Waals surface area contributed by atoms with Gasteiger partial charge in [0.05, 0.1) is 5.56 Å². The van der Waals surface area contributed by atoms with Gasteiger partial charge in [0.1, 0.15) is 17.7 Å². The van der Waals surface area contributed by atoms with E-state index in [0.717, 1.165) is 0 Å². The fourth-order valence-electron chi connectivity index (χ4n) is 2.45. The monoisotopic (exact) mass is 287 g/mol. The Morgan fingerprint density at radius 2 is 2.24 bits per heavy atom. The minimum absolute atomic E-state index is 0.233. The van der Waals surface area contributed by atoms with Crippen LogP contribution in [-0.4, -0.2) is 23.5 Å². The van der Waals surface area contributed by atoms with Crippen LogP contribution in [0.15, 0.2) is 30.6 Å². The topological polar surface area (TPSA) is 91.2 Å². The average molecular weight is 287 g/mol. The Balaban J connectivity index is 2.11. The molecule has 0 saturated heterocycles. The lowest BCUT2D eigenvalue weighted by Gasteiger charge is -2.11. The lowest BCUT2D eigenvalue weighted by atomic mass is 10.00. The molecule has 0 aliphatic carbocycles. The maximum Gasteiger partial charge on any atom is 0.250 e. The molecule has 0 spiro atoms. The van der Waals surface area contributed by atoms with E-state index in [2.05, 4.69) is 4.98 Å². The minimum Gasteiger partial charge on any atom is -0.488 e. The van der Waals surface area contributed by atoms with Gasteiger partial charge in [-0.15, -0.1) is 0 Å². The highest BCUT2D eigenvalue weighted by atomic mass is 19.1. The summed E-state index contributed by atoms with van der Waals surface area (Å²) >= 11 is 0. The second-order valence-corrected chi connectivity index (χ2v) is 4.91. The molecule has 4 N–H and O–H groups in total. The fraction of sp³-hybridized carbons (Fsp3) is 0.200. The van der Waals surface area contributed by atoms with Gasteiger partial charge in [0.25, 0.3) is 0 Å². The van der Waals surface area contributed by atoms with Gasteiger partial charge in [0.2, 0.25) is 5.91 Å². The number of nitrogens with zero attached hydrogens (tertiary/aromatic N) is 1. The number of nitrogens with two attached hydrogens (primary N) is 2. The number of aromatic nitrogens is 1. The third-order valence-electron chi connectivity index (χ3n) is 3.52. The number of rotatable bonds is 3. The molecule has 1 aliphatic heterocycles. The van der Waals surface area contributed by atoms with Crippen LogP contribution in [0.3, 0.4) is 0 Å². The van der Waals surface area contributed by atoms with Crippen molar-refractivity contribution < 1.29 is 13.9 Å². The first-order chi connectivity index (χ1) is 10.1. The zero-order valence-electron chi connectivity index (χ0n) is 11.2. The summed E-state index contributed by atoms with van der Waals surface area (Å²) in [5.41, 5.74) is 13.0. The Labute approximate surface area is 120 Å². The van der Waals surface area contributed by atoms with Gasteiger partial charge in [-0.25, -0.2) is 4.39 Å². The highest BCUT2D eigenvalue weighted by Gasteiger charge is 2.28. The molecule has 1 aliphatic rings. The third kappa shape index (κ3) is 2.34. The van der Waals surface area contributed by atoms with E-state index in [-0.39, 0.29) is 11.9 Å². The summed E-state index contributed by atoms with van der Waals surface area (Å²) in [4.78, 5) is 15.2. The number of halogens is 1. The van der Waals surface area contributed by atoms with Crippen LogP contribution in [0.4, 0.5) is 4.39 Å². The van der Waals surface area contributed by atoms with Gasteiger partial charge in [0.15, 0.2) is 0 Å². The second kappa shape index (κ2) is 5.14. The Hall–Kier alpha value is -2.47. The molecule has 0 radical (unpaired) electrons. The van der Waals surface area contributed by atoms with E-state index in [4.69, 9.17) is 16.2 Å². The van der Waals surface area contributed by atoms with Gasteiger partial charge < -0.3 is 16.2 Å². The van der Waals surface area contributed by atoms with Crippen molar-refractivity contribution in [3.63, 3.8) is 0 Å². The number of fused-ring (bicyclic) bond motifs is 1. The summed E-state index contributed by atoms with van der Waals surface area (Å²) in [5.74, 6) is -0.415. The lowest BCUT2D eigenvalue weighted by Crippen LogP contribution is -2.24. The van der Waals surface area contributed by atoms with Crippen LogP contribution in [-0.2, 0) is 6.42 Å². The number of hydrogen-bond acceptors (Lipinski definition) is 4. The van der Waals surface area contributed by atoms with Crippen LogP contribution in [0.5, 0.6) is 5.75 Å². The van der Waals surface area contributed by atoms with E-state index in [0.29, 0.717) is 41.0 Å². The average Bonchev–Trinajstić information content (AvgIpc) is 2.93. The van der Waals surface area contributed by atoms with Gasteiger partial charge in [-0.2, -0.15) is 0 Å². The van der Waals surface area contributed by atoms with Crippen molar-refractivity contribution >= 4 is 5.91 Å². The largest absolute Gasteiger partial charge is 0.488 e. The molecule has 2 heterocycles. The standard InChI is InChI=1S/C15H14FN3O2/c16-13-2-1-11(14-12(13)4-10(5-17)21-14)8-3-9(15(18)20)7-19-6-8/h1-3,6-7,10H,4-5,17H2,(H2,18,20)/t10-/m0/s1. The summed E-state index contributed by atoms with van der Waals surface area (Å²) in [5, 5.41) is 0. The van der Waals surface area contributed by atoms with Crippen molar-refractivity contribution in [1.82, 2.24) is 4.98 Å². The minimum atomic E-state index is -0.566. The van der Waals surface area contributed by atoms with Gasteiger partial charge in [0, 0.05) is 42.0 Å². The van der Waals surface area contributed by atoms with Crippen LogP contribution in [0.1, 0.15) is 15.9 Å². The molecule has 2 aromatic rings. The van der Waals surface area contributed by atoms with Gasteiger partial charge in [-0.05, 0) is 18.2 Å². The summed E-state index contributed by atoms with van der Waals surface area (Å²) in [6.45, 7) is 0.313. The number of hydrogen-bond donors (Lipinski definition) is 2. The Morgan fingerprint density at radius 3 is 2.95 bits per heavy atom. The SMILES string of the molecule is NC[C@@H]1Cc2c(F)ccc(-c3cncc(C(N)=O)c3)c2O1. The molecule has 3 rings (SSSR count). The third-order valence-corrected chi connectivity index (χ3v) is 3.52. The lowest BCUT2D eigenvalue weighted by molar-refractivity contribution is 0.1000.